The lowest BCUT2D eigenvalue weighted by molar-refractivity contribution is 0.599. The number of aromatic amines is 1. The lowest BCUT2D eigenvalue weighted by Crippen LogP contribution is -1.96. The van der Waals surface area contributed by atoms with E-state index < -0.39 is 0 Å². The van der Waals surface area contributed by atoms with E-state index in [1.165, 1.54) is 11.3 Å². The van der Waals surface area contributed by atoms with E-state index in [9.17, 15) is 0 Å². The highest BCUT2D eigenvalue weighted by atomic mass is 35.5. The van der Waals surface area contributed by atoms with Crippen molar-refractivity contribution >= 4 is 17.5 Å². The molecule has 2 atom stereocenters. The molecule has 0 amide bonds. The van der Waals surface area contributed by atoms with Crippen molar-refractivity contribution in [1.29, 1.82) is 0 Å². The van der Waals surface area contributed by atoms with E-state index in [-0.39, 0.29) is 5.41 Å². The Balaban J connectivity index is 1.78. The van der Waals surface area contributed by atoms with E-state index in [4.69, 9.17) is 16.6 Å². The summed E-state index contributed by atoms with van der Waals surface area (Å²) < 4.78 is 0. The summed E-state index contributed by atoms with van der Waals surface area (Å²) in [5.74, 6) is 1.49. The summed E-state index contributed by atoms with van der Waals surface area (Å²) >= 11 is 6.25. The summed E-state index contributed by atoms with van der Waals surface area (Å²) in [5, 5.41) is 4.01. The van der Waals surface area contributed by atoms with Crippen LogP contribution < -0.4 is 5.32 Å². The zero-order valence-corrected chi connectivity index (χ0v) is 16.6. The fourth-order valence-electron chi connectivity index (χ4n) is 4.19. The summed E-state index contributed by atoms with van der Waals surface area (Å²) in [6.07, 6.45) is 0. The number of halogens is 1. The predicted octanol–water partition coefficient (Wildman–Crippen LogP) is 6.58. The average Bonchev–Trinajstić information content (AvgIpc) is 2.97. The topological polar surface area (TPSA) is 40.7 Å². The van der Waals surface area contributed by atoms with Gasteiger partial charge < -0.3 is 10.3 Å². The van der Waals surface area contributed by atoms with Gasteiger partial charge in [-0.3, -0.25) is 0 Å². The van der Waals surface area contributed by atoms with E-state index in [0.717, 1.165) is 27.9 Å². The highest BCUT2D eigenvalue weighted by molar-refractivity contribution is 6.30. The number of allylic oxidation sites excluding steroid dienone is 1. The molecule has 0 radical (unpaired) electrons. The molecule has 0 unspecified atom stereocenters. The van der Waals surface area contributed by atoms with Gasteiger partial charge in [0.1, 0.15) is 0 Å². The minimum absolute atomic E-state index is 0.126. The van der Waals surface area contributed by atoms with Gasteiger partial charge in [-0.15, -0.1) is 0 Å². The van der Waals surface area contributed by atoms with Crippen LogP contribution in [-0.4, -0.2) is 9.97 Å². The van der Waals surface area contributed by atoms with E-state index >= 15 is 0 Å². The molecule has 4 rings (SSSR count). The van der Waals surface area contributed by atoms with Crippen molar-refractivity contribution in [3.8, 4) is 11.3 Å². The van der Waals surface area contributed by atoms with Crippen LogP contribution in [0.5, 0.6) is 0 Å². The molecule has 1 heterocycles. The molecule has 27 heavy (non-hydrogen) atoms. The molecule has 1 saturated carbocycles. The van der Waals surface area contributed by atoms with Crippen molar-refractivity contribution in [3.63, 3.8) is 0 Å². The van der Waals surface area contributed by atoms with Gasteiger partial charge in [0.15, 0.2) is 0 Å². The Hall–Kier alpha value is -2.52. The van der Waals surface area contributed by atoms with Gasteiger partial charge in [0, 0.05) is 27.9 Å². The van der Waals surface area contributed by atoms with Crippen molar-refractivity contribution in [3.05, 3.63) is 83.2 Å². The third-order valence-corrected chi connectivity index (χ3v) is 5.69. The van der Waals surface area contributed by atoms with Crippen molar-refractivity contribution in [2.75, 3.05) is 5.32 Å². The molecule has 138 valence electrons. The molecule has 2 N–H and O–H groups in total. The standard InChI is InChI=1S/C23H24ClN3/c1-14(2)25-22-26-20(15-9-6-5-7-10-15)21(27-22)19-18(23(19,3)4)16-11-8-12-17(24)13-16/h5-13,18-19H,1H2,2-4H3,(H2,25,26,27)/t18-,19+/m1/s1. The highest BCUT2D eigenvalue weighted by Gasteiger charge is 2.60. The van der Waals surface area contributed by atoms with Gasteiger partial charge in [0.25, 0.3) is 0 Å². The molecule has 1 aromatic heterocycles. The third-order valence-electron chi connectivity index (χ3n) is 5.46. The average molecular weight is 378 g/mol. The zero-order valence-electron chi connectivity index (χ0n) is 15.9. The Morgan fingerprint density at radius 2 is 1.85 bits per heavy atom. The number of imidazole rings is 1. The van der Waals surface area contributed by atoms with E-state index in [2.05, 4.69) is 55.0 Å². The molecule has 0 spiro atoms. The van der Waals surface area contributed by atoms with E-state index in [1.807, 2.05) is 37.3 Å². The van der Waals surface area contributed by atoms with Crippen LogP contribution >= 0.6 is 11.6 Å². The second-order valence-corrected chi connectivity index (χ2v) is 8.39. The second-order valence-electron chi connectivity index (χ2n) is 7.95. The minimum atomic E-state index is 0.126. The number of nitrogens with zero attached hydrogens (tertiary/aromatic N) is 1. The molecule has 1 aliphatic rings. The molecule has 2 aromatic carbocycles. The number of hydrogen-bond donors (Lipinski definition) is 2. The van der Waals surface area contributed by atoms with Gasteiger partial charge in [-0.05, 0) is 36.0 Å². The lowest BCUT2D eigenvalue weighted by atomic mass is 10.0. The maximum absolute atomic E-state index is 6.25. The summed E-state index contributed by atoms with van der Waals surface area (Å²) in [7, 11) is 0. The van der Waals surface area contributed by atoms with Crippen LogP contribution in [0.1, 0.15) is 43.9 Å². The molecule has 4 heteroatoms. The molecule has 0 aliphatic heterocycles. The van der Waals surface area contributed by atoms with Crippen LogP contribution in [0.2, 0.25) is 5.02 Å². The Morgan fingerprint density at radius 3 is 2.52 bits per heavy atom. The second kappa shape index (κ2) is 6.58. The van der Waals surface area contributed by atoms with Crippen LogP contribution in [0.3, 0.4) is 0 Å². The predicted molar refractivity (Wildman–Crippen MR) is 113 cm³/mol. The van der Waals surface area contributed by atoms with Crippen LogP contribution in [0.15, 0.2) is 66.9 Å². The smallest absolute Gasteiger partial charge is 0.205 e. The first-order valence-electron chi connectivity index (χ1n) is 9.21. The van der Waals surface area contributed by atoms with Crippen molar-refractivity contribution in [2.24, 2.45) is 5.41 Å². The van der Waals surface area contributed by atoms with Crippen LogP contribution in [0.25, 0.3) is 11.3 Å². The number of H-pyrrole nitrogens is 1. The number of hydrogen-bond acceptors (Lipinski definition) is 2. The van der Waals surface area contributed by atoms with E-state index in [1.54, 1.807) is 0 Å². The van der Waals surface area contributed by atoms with Crippen molar-refractivity contribution in [2.45, 2.75) is 32.6 Å². The Kier molecular flexibility index (Phi) is 4.35. The largest absolute Gasteiger partial charge is 0.330 e. The fraction of sp³-hybridized carbons (Fsp3) is 0.261. The molecule has 1 aliphatic carbocycles. The number of rotatable bonds is 5. The molecule has 0 saturated heterocycles. The monoisotopic (exact) mass is 377 g/mol. The first-order valence-corrected chi connectivity index (χ1v) is 9.59. The van der Waals surface area contributed by atoms with Gasteiger partial charge in [-0.1, -0.05) is 74.5 Å². The molecular formula is C23H24ClN3. The number of anilines is 1. The first-order chi connectivity index (χ1) is 12.9. The van der Waals surface area contributed by atoms with Crippen LogP contribution in [0.4, 0.5) is 5.95 Å². The van der Waals surface area contributed by atoms with Gasteiger partial charge in [-0.2, -0.15) is 0 Å². The third kappa shape index (κ3) is 3.28. The van der Waals surface area contributed by atoms with Gasteiger partial charge in [-0.25, -0.2) is 4.98 Å². The van der Waals surface area contributed by atoms with E-state index in [0.29, 0.717) is 11.8 Å². The summed E-state index contributed by atoms with van der Waals surface area (Å²) in [4.78, 5) is 8.37. The van der Waals surface area contributed by atoms with Crippen LogP contribution in [-0.2, 0) is 0 Å². The zero-order chi connectivity index (χ0) is 19.2. The number of aromatic nitrogens is 2. The van der Waals surface area contributed by atoms with Gasteiger partial charge >= 0.3 is 0 Å². The SMILES string of the molecule is C=C(C)Nc1nc(-c2ccccc2)c([C@@H]2[C@@H](c3cccc(Cl)c3)C2(C)C)[nH]1. The Labute approximate surface area is 165 Å². The molecule has 3 aromatic rings. The van der Waals surface area contributed by atoms with Crippen molar-refractivity contribution < 1.29 is 0 Å². The van der Waals surface area contributed by atoms with Crippen molar-refractivity contribution in [1.82, 2.24) is 9.97 Å². The number of benzene rings is 2. The van der Waals surface area contributed by atoms with Gasteiger partial charge in [0.2, 0.25) is 5.95 Å². The summed E-state index contributed by atoms with van der Waals surface area (Å²) in [6.45, 7) is 10.5. The lowest BCUT2D eigenvalue weighted by Gasteiger charge is -2.04. The molecule has 3 nitrogen and oxygen atoms in total. The normalized spacial score (nSPS) is 20.3. The van der Waals surface area contributed by atoms with Gasteiger partial charge in [0.05, 0.1) is 5.69 Å². The van der Waals surface area contributed by atoms with Crippen LogP contribution in [0, 0.1) is 5.41 Å². The molecular weight excluding hydrogens is 354 g/mol. The quantitative estimate of drug-likeness (QED) is 0.527. The maximum atomic E-state index is 6.25. The molecule has 0 bridgehead atoms. The minimum Gasteiger partial charge on any atom is -0.330 e. The summed E-state index contributed by atoms with van der Waals surface area (Å²) in [6, 6.07) is 18.5. The molecule has 1 fully saturated rings. The fourth-order valence-corrected chi connectivity index (χ4v) is 4.39. The Morgan fingerprint density at radius 1 is 1.11 bits per heavy atom. The maximum Gasteiger partial charge on any atom is 0.205 e. The number of nitrogens with one attached hydrogen (secondary N) is 2. The first kappa shape index (κ1) is 17.9. The Bertz CT molecular complexity index is 988. The highest BCUT2D eigenvalue weighted by Crippen LogP contribution is 2.70. The summed E-state index contributed by atoms with van der Waals surface area (Å²) in [5.41, 5.74) is 5.55.